The zero-order valence-corrected chi connectivity index (χ0v) is 13.8. The summed E-state index contributed by atoms with van der Waals surface area (Å²) in [6, 6.07) is 0.318. The fraction of sp³-hybridized carbons (Fsp3) is 0.944. The van der Waals surface area contributed by atoms with E-state index in [0.717, 1.165) is 24.2 Å². The zero-order chi connectivity index (χ0) is 15.3. The van der Waals surface area contributed by atoms with E-state index < -0.39 is 11.5 Å². The maximum Gasteiger partial charge on any atom is 0.323 e. The topological polar surface area (TPSA) is 49.3 Å². The third-order valence-corrected chi connectivity index (χ3v) is 6.76. The predicted octanol–water partition coefficient (Wildman–Crippen LogP) is 3.82. The number of nitrogens with one attached hydrogen (secondary N) is 1. The van der Waals surface area contributed by atoms with Gasteiger partial charge in [-0.2, -0.15) is 0 Å². The van der Waals surface area contributed by atoms with Crippen molar-refractivity contribution in [2.75, 3.05) is 0 Å². The Morgan fingerprint density at radius 1 is 1.24 bits per heavy atom. The van der Waals surface area contributed by atoms with Gasteiger partial charge in [0.05, 0.1) is 0 Å². The normalized spacial score (nSPS) is 41.8. The van der Waals surface area contributed by atoms with Crippen LogP contribution in [-0.2, 0) is 4.79 Å². The second-order valence-corrected chi connectivity index (χ2v) is 8.53. The molecule has 0 aromatic carbocycles. The van der Waals surface area contributed by atoms with E-state index in [1.807, 2.05) is 6.92 Å². The summed E-state index contributed by atoms with van der Waals surface area (Å²) in [4.78, 5) is 11.7. The molecule has 4 bridgehead atoms. The van der Waals surface area contributed by atoms with Gasteiger partial charge in [-0.1, -0.05) is 13.3 Å². The highest BCUT2D eigenvalue weighted by molar-refractivity contribution is 5.78. The van der Waals surface area contributed by atoms with Gasteiger partial charge in [-0.05, 0) is 82.0 Å². The smallest absolute Gasteiger partial charge is 0.323 e. The summed E-state index contributed by atoms with van der Waals surface area (Å²) >= 11 is 0. The Kier molecular flexibility index (Phi) is 3.84. The van der Waals surface area contributed by atoms with Crippen molar-refractivity contribution in [1.82, 2.24) is 5.32 Å². The summed E-state index contributed by atoms with van der Waals surface area (Å²) in [5, 5.41) is 13.2. The van der Waals surface area contributed by atoms with Crippen molar-refractivity contribution < 1.29 is 9.90 Å². The minimum Gasteiger partial charge on any atom is -0.480 e. The van der Waals surface area contributed by atoms with Gasteiger partial charge in [0.15, 0.2) is 0 Å². The molecule has 0 radical (unpaired) electrons. The molecule has 120 valence electrons. The summed E-state index contributed by atoms with van der Waals surface area (Å²) in [5.74, 6) is 2.06. The molecular weight excluding hydrogens is 262 g/mol. The summed E-state index contributed by atoms with van der Waals surface area (Å²) in [5.41, 5.74) is -0.392. The lowest BCUT2D eigenvalue weighted by molar-refractivity contribution is -0.146. The van der Waals surface area contributed by atoms with Crippen LogP contribution in [0, 0.1) is 23.2 Å². The number of hydrogen-bond acceptors (Lipinski definition) is 2. The van der Waals surface area contributed by atoms with Crippen LogP contribution in [0.2, 0.25) is 0 Å². The molecule has 0 amide bonds. The number of carboxylic acid groups (broad SMARTS) is 1. The van der Waals surface area contributed by atoms with Crippen molar-refractivity contribution in [3.05, 3.63) is 0 Å². The lowest BCUT2D eigenvalue weighted by Gasteiger charge is -2.59. The molecule has 2 atom stereocenters. The molecule has 2 N–H and O–H groups in total. The van der Waals surface area contributed by atoms with Gasteiger partial charge in [-0.25, -0.2) is 0 Å². The number of carboxylic acids is 1. The molecule has 4 fully saturated rings. The molecular formula is C18H31NO2. The number of aliphatic carboxylic acids is 1. The highest BCUT2D eigenvalue weighted by Crippen LogP contribution is 2.61. The molecule has 0 spiro atoms. The van der Waals surface area contributed by atoms with Crippen molar-refractivity contribution in [1.29, 1.82) is 0 Å². The van der Waals surface area contributed by atoms with Gasteiger partial charge in [-0.15, -0.1) is 0 Å². The monoisotopic (exact) mass is 293 g/mol. The van der Waals surface area contributed by atoms with Gasteiger partial charge in [-0.3, -0.25) is 10.1 Å². The predicted molar refractivity (Wildman–Crippen MR) is 84.2 cm³/mol. The quantitative estimate of drug-likeness (QED) is 0.782. The van der Waals surface area contributed by atoms with Crippen LogP contribution in [0.3, 0.4) is 0 Å². The third-order valence-electron chi connectivity index (χ3n) is 6.76. The fourth-order valence-corrected chi connectivity index (χ4v) is 6.08. The minimum absolute atomic E-state index is 0.318. The third kappa shape index (κ3) is 2.62. The zero-order valence-electron chi connectivity index (χ0n) is 13.8. The maximum atomic E-state index is 11.7. The fourth-order valence-electron chi connectivity index (χ4n) is 6.08. The van der Waals surface area contributed by atoms with Crippen LogP contribution >= 0.6 is 0 Å². The van der Waals surface area contributed by atoms with Crippen molar-refractivity contribution >= 4 is 5.97 Å². The number of rotatable bonds is 6. The van der Waals surface area contributed by atoms with Gasteiger partial charge in [0.25, 0.3) is 0 Å². The molecule has 3 nitrogen and oxygen atoms in total. The summed E-state index contributed by atoms with van der Waals surface area (Å²) in [6.07, 6.45) is 9.92. The van der Waals surface area contributed by atoms with Gasteiger partial charge in [0.1, 0.15) is 5.54 Å². The van der Waals surface area contributed by atoms with E-state index in [2.05, 4.69) is 19.2 Å². The number of hydrogen-bond donors (Lipinski definition) is 2. The lowest BCUT2D eigenvalue weighted by atomic mass is 9.48. The second kappa shape index (κ2) is 5.26. The van der Waals surface area contributed by atoms with Crippen LogP contribution in [0.5, 0.6) is 0 Å². The summed E-state index contributed by atoms with van der Waals surface area (Å²) in [6.45, 7) is 6.19. The molecule has 4 saturated carbocycles. The maximum absolute atomic E-state index is 11.7. The highest BCUT2D eigenvalue weighted by atomic mass is 16.4. The molecule has 3 heteroatoms. The van der Waals surface area contributed by atoms with Crippen molar-refractivity contribution in [3.8, 4) is 0 Å². The average Bonchev–Trinajstić information content (AvgIpc) is 2.36. The second-order valence-electron chi connectivity index (χ2n) is 8.53. The van der Waals surface area contributed by atoms with Gasteiger partial charge in [0.2, 0.25) is 0 Å². The Balaban J connectivity index is 1.75. The van der Waals surface area contributed by atoms with Gasteiger partial charge in [0, 0.05) is 6.04 Å². The van der Waals surface area contributed by atoms with Gasteiger partial charge >= 0.3 is 5.97 Å². The van der Waals surface area contributed by atoms with E-state index in [1.165, 1.54) is 38.5 Å². The summed E-state index contributed by atoms with van der Waals surface area (Å²) < 4.78 is 0. The van der Waals surface area contributed by atoms with Crippen molar-refractivity contribution in [3.63, 3.8) is 0 Å². The van der Waals surface area contributed by atoms with E-state index in [0.29, 0.717) is 17.9 Å². The molecule has 4 aliphatic rings. The molecule has 0 heterocycles. The SMILES string of the molecule is CCCC(C)(NC(C)C12CC3CC(CC(C3)C1)C2)C(=O)O. The first-order chi connectivity index (χ1) is 9.87. The molecule has 4 aliphatic carbocycles. The Morgan fingerprint density at radius 2 is 1.71 bits per heavy atom. The van der Waals surface area contributed by atoms with Crippen LogP contribution < -0.4 is 5.32 Å². The molecule has 4 rings (SSSR count). The standard InChI is InChI=1S/C18H31NO2/c1-4-5-17(3,16(20)21)19-12(2)18-9-13-6-14(10-18)8-15(7-13)11-18/h12-15,19H,4-11H2,1-3H3,(H,20,21). The first-order valence-corrected chi connectivity index (χ1v) is 8.88. The van der Waals surface area contributed by atoms with Crippen molar-refractivity contribution in [2.45, 2.75) is 83.7 Å². The average molecular weight is 293 g/mol. The first kappa shape index (κ1) is 15.3. The number of carbonyl (C=O) groups is 1. The Labute approximate surface area is 128 Å². The van der Waals surface area contributed by atoms with E-state index in [-0.39, 0.29) is 0 Å². The van der Waals surface area contributed by atoms with E-state index >= 15 is 0 Å². The Bertz CT molecular complexity index is 384. The molecule has 21 heavy (non-hydrogen) atoms. The van der Waals surface area contributed by atoms with Crippen LogP contribution in [0.1, 0.15) is 72.1 Å². The molecule has 2 unspecified atom stereocenters. The van der Waals surface area contributed by atoms with Crippen LogP contribution in [0.4, 0.5) is 0 Å². The van der Waals surface area contributed by atoms with Crippen molar-refractivity contribution in [2.24, 2.45) is 23.2 Å². The van der Waals surface area contributed by atoms with Crippen LogP contribution in [-0.4, -0.2) is 22.7 Å². The van der Waals surface area contributed by atoms with Crippen LogP contribution in [0.15, 0.2) is 0 Å². The minimum atomic E-state index is -0.766. The summed E-state index contributed by atoms with van der Waals surface area (Å²) in [7, 11) is 0. The Morgan fingerprint density at radius 3 is 2.10 bits per heavy atom. The highest BCUT2D eigenvalue weighted by Gasteiger charge is 2.54. The molecule has 0 saturated heterocycles. The van der Waals surface area contributed by atoms with E-state index in [1.54, 1.807) is 0 Å². The molecule has 0 aliphatic heterocycles. The first-order valence-electron chi connectivity index (χ1n) is 8.88. The van der Waals surface area contributed by atoms with Gasteiger partial charge < -0.3 is 5.11 Å². The largest absolute Gasteiger partial charge is 0.480 e. The molecule has 0 aromatic heterocycles. The van der Waals surface area contributed by atoms with E-state index in [9.17, 15) is 9.90 Å². The molecule has 0 aromatic rings. The van der Waals surface area contributed by atoms with E-state index in [4.69, 9.17) is 0 Å². The van der Waals surface area contributed by atoms with Crippen LogP contribution in [0.25, 0.3) is 0 Å². The lowest BCUT2D eigenvalue weighted by Crippen LogP contribution is -2.61. The Hall–Kier alpha value is -0.570.